The lowest BCUT2D eigenvalue weighted by molar-refractivity contribution is -0.123. The number of amides is 1. The first kappa shape index (κ1) is 15.4. The molecule has 1 aliphatic rings. The minimum Gasteiger partial charge on any atom is -0.385 e. The van der Waals surface area contributed by atoms with Gasteiger partial charge in [-0.1, -0.05) is 6.92 Å². The molecule has 1 amide bonds. The van der Waals surface area contributed by atoms with Crippen LogP contribution in [0.25, 0.3) is 0 Å². The van der Waals surface area contributed by atoms with Crippen molar-refractivity contribution < 1.29 is 14.6 Å². The Hall–Kier alpha value is -0.650. The summed E-state index contributed by atoms with van der Waals surface area (Å²) in [5.74, 6) is 0.462. The first-order valence-electron chi connectivity index (χ1n) is 6.78. The molecule has 0 aromatic rings. The summed E-state index contributed by atoms with van der Waals surface area (Å²) in [6, 6.07) is 0. The third kappa shape index (κ3) is 4.55. The van der Waals surface area contributed by atoms with E-state index in [1.54, 1.807) is 0 Å². The van der Waals surface area contributed by atoms with Gasteiger partial charge in [-0.05, 0) is 32.2 Å². The highest BCUT2D eigenvalue weighted by atomic mass is 16.5. The Balaban J connectivity index is 2.21. The average Bonchev–Trinajstić information content (AvgIpc) is 2.65. The maximum Gasteiger partial charge on any atom is 0.220 e. The molecule has 0 saturated carbocycles. The number of nitrogens with one attached hydrogen (secondary N) is 1. The molecule has 3 unspecified atom stereocenters. The van der Waals surface area contributed by atoms with E-state index in [0.29, 0.717) is 31.9 Å². The Morgan fingerprint density at radius 3 is 2.89 bits per heavy atom. The van der Waals surface area contributed by atoms with Crippen molar-refractivity contribution in [3.63, 3.8) is 0 Å². The van der Waals surface area contributed by atoms with Gasteiger partial charge in [0, 0.05) is 26.0 Å². The van der Waals surface area contributed by atoms with Crippen molar-refractivity contribution in [3.05, 3.63) is 0 Å². The van der Waals surface area contributed by atoms with Crippen LogP contribution < -0.4 is 11.1 Å². The first-order chi connectivity index (χ1) is 8.48. The third-order valence-corrected chi connectivity index (χ3v) is 3.77. The predicted octanol–water partition coefficient (Wildman–Crippen LogP) is 0.408. The summed E-state index contributed by atoms with van der Waals surface area (Å²) < 4.78 is 5.32. The van der Waals surface area contributed by atoms with Crippen molar-refractivity contribution >= 4 is 5.91 Å². The topological polar surface area (TPSA) is 84.6 Å². The molecule has 1 fully saturated rings. The van der Waals surface area contributed by atoms with E-state index in [1.807, 2.05) is 6.92 Å². The molecule has 0 radical (unpaired) electrons. The summed E-state index contributed by atoms with van der Waals surface area (Å²) in [5, 5.41) is 13.0. The Bertz CT molecular complexity index is 273. The van der Waals surface area contributed by atoms with Gasteiger partial charge in [-0.2, -0.15) is 0 Å². The number of rotatable bonds is 7. The Kier molecular flexibility index (Phi) is 6.05. The monoisotopic (exact) mass is 258 g/mol. The molecule has 0 aliphatic carbocycles. The summed E-state index contributed by atoms with van der Waals surface area (Å²) in [7, 11) is 0. The highest BCUT2D eigenvalue weighted by Crippen LogP contribution is 2.24. The van der Waals surface area contributed by atoms with E-state index in [-0.39, 0.29) is 18.6 Å². The van der Waals surface area contributed by atoms with E-state index in [4.69, 9.17) is 10.5 Å². The molecule has 1 saturated heterocycles. The van der Waals surface area contributed by atoms with Crippen LogP contribution in [0, 0.1) is 5.92 Å². The molecule has 5 heteroatoms. The van der Waals surface area contributed by atoms with Crippen LogP contribution in [-0.2, 0) is 9.53 Å². The lowest BCUT2D eigenvalue weighted by atomic mass is 9.96. The van der Waals surface area contributed by atoms with Crippen molar-refractivity contribution in [2.75, 3.05) is 19.7 Å². The third-order valence-electron chi connectivity index (χ3n) is 3.77. The fraction of sp³-hybridized carbons (Fsp3) is 0.923. The van der Waals surface area contributed by atoms with Gasteiger partial charge in [0.05, 0.1) is 6.10 Å². The quantitative estimate of drug-likeness (QED) is 0.617. The number of carbonyl (C=O) groups excluding carboxylic acids is 1. The SMILES string of the molecule is CC(CCN)CCC(=O)NCC1(O)CCOC1C. The zero-order valence-corrected chi connectivity index (χ0v) is 11.4. The second-order valence-electron chi connectivity index (χ2n) is 5.36. The van der Waals surface area contributed by atoms with Crippen molar-refractivity contribution in [1.29, 1.82) is 0 Å². The van der Waals surface area contributed by atoms with Crippen LogP contribution >= 0.6 is 0 Å². The lowest BCUT2D eigenvalue weighted by Gasteiger charge is -2.26. The molecule has 0 bridgehead atoms. The normalized spacial score (nSPS) is 29.2. The van der Waals surface area contributed by atoms with Gasteiger partial charge in [0.2, 0.25) is 5.91 Å². The number of hydrogen-bond donors (Lipinski definition) is 3. The van der Waals surface area contributed by atoms with Crippen LogP contribution in [0.1, 0.15) is 39.5 Å². The Morgan fingerprint density at radius 2 is 2.33 bits per heavy atom. The highest BCUT2D eigenvalue weighted by molar-refractivity contribution is 5.75. The van der Waals surface area contributed by atoms with Gasteiger partial charge in [-0.25, -0.2) is 0 Å². The van der Waals surface area contributed by atoms with Crippen LogP contribution in [0.3, 0.4) is 0 Å². The van der Waals surface area contributed by atoms with E-state index >= 15 is 0 Å². The summed E-state index contributed by atoms with van der Waals surface area (Å²) in [6.45, 7) is 5.43. The molecule has 3 atom stereocenters. The second-order valence-corrected chi connectivity index (χ2v) is 5.36. The smallest absolute Gasteiger partial charge is 0.220 e. The number of ether oxygens (including phenoxy) is 1. The van der Waals surface area contributed by atoms with E-state index in [0.717, 1.165) is 12.8 Å². The first-order valence-corrected chi connectivity index (χ1v) is 6.78. The van der Waals surface area contributed by atoms with Crippen molar-refractivity contribution in [3.8, 4) is 0 Å². The molecule has 106 valence electrons. The van der Waals surface area contributed by atoms with Crippen LogP contribution in [0.2, 0.25) is 0 Å². The fourth-order valence-electron chi connectivity index (χ4n) is 2.15. The number of nitrogens with two attached hydrogens (primary N) is 1. The molecule has 4 N–H and O–H groups in total. The molecular formula is C13H26N2O3. The van der Waals surface area contributed by atoms with Gasteiger partial charge in [0.15, 0.2) is 0 Å². The molecule has 5 nitrogen and oxygen atoms in total. The fourth-order valence-corrected chi connectivity index (χ4v) is 2.15. The zero-order chi connectivity index (χ0) is 13.6. The molecule has 1 rings (SSSR count). The predicted molar refractivity (Wildman–Crippen MR) is 70.1 cm³/mol. The van der Waals surface area contributed by atoms with Crippen LogP contribution in [0.5, 0.6) is 0 Å². The zero-order valence-electron chi connectivity index (χ0n) is 11.4. The molecule has 1 heterocycles. The van der Waals surface area contributed by atoms with Gasteiger partial charge in [0.1, 0.15) is 5.60 Å². The minimum absolute atomic E-state index is 0.00797. The van der Waals surface area contributed by atoms with Gasteiger partial charge < -0.3 is 20.9 Å². The maximum absolute atomic E-state index is 11.7. The van der Waals surface area contributed by atoms with Crippen molar-refractivity contribution in [2.24, 2.45) is 11.7 Å². The summed E-state index contributed by atoms with van der Waals surface area (Å²) in [6.07, 6.45) is 2.65. The number of aliphatic hydroxyl groups is 1. The Morgan fingerprint density at radius 1 is 1.61 bits per heavy atom. The highest BCUT2D eigenvalue weighted by Gasteiger charge is 2.39. The lowest BCUT2D eigenvalue weighted by Crippen LogP contribution is -2.47. The van der Waals surface area contributed by atoms with E-state index in [1.165, 1.54) is 0 Å². The largest absolute Gasteiger partial charge is 0.385 e. The van der Waals surface area contributed by atoms with Crippen LogP contribution in [-0.4, -0.2) is 42.4 Å². The number of hydrogen-bond acceptors (Lipinski definition) is 4. The number of carbonyl (C=O) groups is 1. The van der Waals surface area contributed by atoms with E-state index in [9.17, 15) is 9.90 Å². The van der Waals surface area contributed by atoms with Crippen molar-refractivity contribution in [2.45, 2.75) is 51.2 Å². The van der Waals surface area contributed by atoms with Gasteiger partial charge in [-0.15, -0.1) is 0 Å². The van der Waals surface area contributed by atoms with Crippen molar-refractivity contribution in [1.82, 2.24) is 5.32 Å². The van der Waals surface area contributed by atoms with E-state index < -0.39 is 5.60 Å². The van der Waals surface area contributed by atoms with Crippen LogP contribution in [0.15, 0.2) is 0 Å². The van der Waals surface area contributed by atoms with Gasteiger partial charge >= 0.3 is 0 Å². The average molecular weight is 258 g/mol. The Labute approximate surface area is 109 Å². The summed E-state index contributed by atoms with van der Waals surface area (Å²) in [4.78, 5) is 11.7. The molecule has 1 aliphatic heterocycles. The van der Waals surface area contributed by atoms with Crippen LogP contribution in [0.4, 0.5) is 0 Å². The minimum atomic E-state index is -0.904. The van der Waals surface area contributed by atoms with E-state index in [2.05, 4.69) is 12.2 Å². The molecular weight excluding hydrogens is 232 g/mol. The summed E-state index contributed by atoms with van der Waals surface area (Å²) >= 11 is 0. The van der Waals surface area contributed by atoms with Gasteiger partial charge in [-0.3, -0.25) is 4.79 Å². The standard InChI is InChI=1S/C13H26N2O3/c1-10(5-7-14)3-4-12(16)15-9-13(17)6-8-18-11(13)2/h10-11,17H,3-9,14H2,1-2H3,(H,15,16). The summed E-state index contributed by atoms with van der Waals surface area (Å²) in [5.41, 5.74) is 4.56. The molecule has 0 aromatic carbocycles. The van der Waals surface area contributed by atoms with Gasteiger partial charge in [0.25, 0.3) is 0 Å². The molecule has 0 spiro atoms. The second kappa shape index (κ2) is 7.07. The maximum atomic E-state index is 11.7. The molecule has 18 heavy (non-hydrogen) atoms. The molecule has 0 aromatic heterocycles.